The highest BCUT2D eigenvalue weighted by Gasteiger charge is 2.42. The number of amides is 1. The number of halogens is 1. The summed E-state index contributed by atoms with van der Waals surface area (Å²) in [5.74, 6) is -0.103. The fourth-order valence-electron chi connectivity index (χ4n) is 1.49. The van der Waals surface area contributed by atoms with Crippen molar-refractivity contribution >= 4 is 21.8 Å². The zero-order valence-corrected chi connectivity index (χ0v) is 10.3. The predicted molar refractivity (Wildman–Crippen MR) is 64.4 cm³/mol. The van der Waals surface area contributed by atoms with Gasteiger partial charge in [0.1, 0.15) is 0 Å². The Kier molecular flexibility index (Phi) is 2.97. The minimum atomic E-state index is -0.103. The molecule has 4 heteroatoms. The van der Waals surface area contributed by atoms with Gasteiger partial charge in [-0.3, -0.25) is 4.79 Å². The third kappa shape index (κ3) is 2.25. The largest absolute Gasteiger partial charge is 0.346 e. The fraction of sp³-hybridized carbons (Fsp3) is 0.333. The highest BCUT2D eigenvalue weighted by atomic mass is 79.9. The van der Waals surface area contributed by atoms with Gasteiger partial charge in [-0.05, 0) is 31.0 Å². The van der Waals surface area contributed by atoms with E-state index in [1.807, 2.05) is 6.07 Å². The lowest BCUT2D eigenvalue weighted by molar-refractivity contribution is 0.0936. The van der Waals surface area contributed by atoms with Gasteiger partial charge in [0, 0.05) is 10.9 Å². The monoisotopic (exact) mass is 278 g/mol. The Morgan fingerprint density at radius 2 is 2.31 bits per heavy atom. The molecule has 0 saturated heterocycles. The summed E-state index contributed by atoms with van der Waals surface area (Å²) >= 11 is 3.40. The van der Waals surface area contributed by atoms with Gasteiger partial charge in [-0.1, -0.05) is 22.0 Å². The molecule has 1 aromatic rings. The first-order chi connectivity index (χ1) is 7.69. The molecule has 3 nitrogen and oxygen atoms in total. The number of hydrogen-bond acceptors (Lipinski definition) is 2. The molecule has 0 radical (unpaired) electrons. The van der Waals surface area contributed by atoms with Crippen LogP contribution in [-0.4, -0.2) is 16.8 Å². The number of carbonyl (C=O) groups is 1. The third-order valence-corrected chi connectivity index (χ3v) is 3.82. The van der Waals surface area contributed by atoms with Gasteiger partial charge in [-0.15, -0.1) is 0 Å². The molecule has 1 amide bonds. The molecule has 0 aromatic heterocycles. The Labute approximate surface area is 103 Å². The Morgan fingerprint density at radius 3 is 2.88 bits per heavy atom. The van der Waals surface area contributed by atoms with Crippen LogP contribution in [0, 0.1) is 11.3 Å². The number of nitrogens with one attached hydrogen (secondary N) is 1. The van der Waals surface area contributed by atoms with Crippen molar-refractivity contribution < 1.29 is 4.79 Å². The molecule has 1 aromatic carbocycles. The molecule has 0 atom stereocenters. The average molecular weight is 279 g/mol. The lowest BCUT2D eigenvalue weighted by atomic mass is 10.1. The average Bonchev–Trinajstić information content (AvgIpc) is 3.09. The predicted octanol–water partition coefficient (Wildman–Crippen LogP) is 2.22. The summed E-state index contributed by atoms with van der Waals surface area (Å²) in [6, 6.07) is 8.77. The summed E-state index contributed by atoms with van der Waals surface area (Å²) in [5, 5.41) is 12.5. The van der Waals surface area contributed by atoms with Crippen molar-refractivity contribution in [2.24, 2.45) is 0 Å². The summed E-state index contributed by atoms with van der Waals surface area (Å²) in [7, 11) is 0. The van der Waals surface area contributed by atoms with Gasteiger partial charge < -0.3 is 5.32 Å². The van der Waals surface area contributed by atoms with E-state index in [2.05, 4.69) is 21.2 Å². The Bertz CT molecular complexity index is 460. The molecule has 1 aliphatic rings. The first-order valence-corrected chi connectivity index (χ1v) is 6.20. The molecule has 82 valence electrons. The standard InChI is InChI=1S/C12H11BrN2O/c13-8-12(4-5-12)15-11(16)10-3-1-2-9(6-10)7-14/h1-3,6H,4-5,8H2,(H,15,16). The van der Waals surface area contributed by atoms with Crippen LogP contribution in [0.3, 0.4) is 0 Å². The molecule has 0 spiro atoms. The molecule has 0 unspecified atom stereocenters. The van der Waals surface area contributed by atoms with Crippen LogP contribution < -0.4 is 5.32 Å². The van der Waals surface area contributed by atoms with Crippen molar-refractivity contribution in [1.29, 1.82) is 5.26 Å². The number of alkyl halides is 1. The lowest BCUT2D eigenvalue weighted by Crippen LogP contribution is -2.38. The van der Waals surface area contributed by atoms with Gasteiger partial charge in [-0.2, -0.15) is 5.26 Å². The molecule has 2 rings (SSSR count). The minimum Gasteiger partial charge on any atom is -0.346 e. The number of carbonyl (C=O) groups excluding carboxylic acids is 1. The topological polar surface area (TPSA) is 52.9 Å². The third-order valence-electron chi connectivity index (χ3n) is 2.74. The van der Waals surface area contributed by atoms with E-state index in [-0.39, 0.29) is 11.4 Å². The van der Waals surface area contributed by atoms with Crippen molar-refractivity contribution in [2.45, 2.75) is 18.4 Å². The van der Waals surface area contributed by atoms with Gasteiger partial charge in [0.15, 0.2) is 0 Å². The van der Waals surface area contributed by atoms with E-state index in [9.17, 15) is 4.79 Å². The second kappa shape index (κ2) is 4.26. The van der Waals surface area contributed by atoms with E-state index >= 15 is 0 Å². The fourth-order valence-corrected chi connectivity index (χ4v) is 2.19. The zero-order chi connectivity index (χ0) is 11.6. The van der Waals surface area contributed by atoms with Crippen LogP contribution in [-0.2, 0) is 0 Å². The lowest BCUT2D eigenvalue weighted by Gasteiger charge is -2.14. The minimum absolute atomic E-state index is 0.0558. The smallest absolute Gasteiger partial charge is 0.251 e. The van der Waals surface area contributed by atoms with Gasteiger partial charge in [0.05, 0.1) is 17.2 Å². The summed E-state index contributed by atoms with van der Waals surface area (Å²) in [6.07, 6.45) is 2.03. The van der Waals surface area contributed by atoms with Crippen molar-refractivity contribution in [1.82, 2.24) is 5.32 Å². The highest BCUT2D eigenvalue weighted by Crippen LogP contribution is 2.37. The maximum absolute atomic E-state index is 11.9. The summed E-state index contributed by atoms with van der Waals surface area (Å²) in [4.78, 5) is 11.9. The molecular weight excluding hydrogens is 268 g/mol. The van der Waals surface area contributed by atoms with Crippen LogP contribution in [0.25, 0.3) is 0 Å². The maximum Gasteiger partial charge on any atom is 0.251 e. The molecule has 1 saturated carbocycles. The molecule has 0 aliphatic heterocycles. The Balaban J connectivity index is 2.12. The molecule has 1 aliphatic carbocycles. The molecular formula is C12H11BrN2O. The van der Waals surface area contributed by atoms with Crippen LogP contribution in [0.1, 0.15) is 28.8 Å². The van der Waals surface area contributed by atoms with Gasteiger partial charge >= 0.3 is 0 Å². The van der Waals surface area contributed by atoms with Crippen molar-refractivity contribution in [2.75, 3.05) is 5.33 Å². The SMILES string of the molecule is N#Cc1cccc(C(=O)NC2(CBr)CC2)c1. The normalized spacial score (nSPS) is 16.2. The summed E-state index contributed by atoms with van der Waals surface area (Å²) in [5.41, 5.74) is 1.00. The zero-order valence-electron chi connectivity index (χ0n) is 8.66. The molecule has 1 fully saturated rings. The van der Waals surface area contributed by atoms with E-state index in [4.69, 9.17) is 5.26 Å². The second-order valence-corrected chi connectivity index (χ2v) is 4.62. The van der Waals surface area contributed by atoms with Gasteiger partial charge in [0.25, 0.3) is 5.91 Å². The first-order valence-electron chi connectivity index (χ1n) is 5.08. The quantitative estimate of drug-likeness (QED) is 0.862. The number of rotatable bonds is 3. The summed E-state index contributed by atoms with van der Waals surface area (Å²) < 4.78 is 0. The molecule has 0 heterocycles. The van der Waals surface area contributed by atoms with Crippen LogP contribution in [0.4, 0.5) is 0 Å². The second-order valence-electron chi connectivity index (χ2n) is 4.06. The van der Waals surface area contributed by atoms with Crippen molar-refractivity contribution in [3.63, 3.8) is 0 Å². The highest BCUT2D eigenvalue weighted by molar-refractivity contribution is 9.09. The van der Waals surface area contributed by atoms with Crippen LogP contribution in [0.15, 0.2) is 24.3 Å². The van der Waals surface area contributed by atoms with Crippen molar-refractivity contribution in [3.8, 4) is 6.07 Å². The summed E-state index contributed by atoms with van der Waals surface area (Å²) in [6.45, 7) is 0. The van der Waals surface area contributed by atoms with Crippen LogP contribution >= 0.6 is 15.9 Å². The molecule has 16 heavy (non-hydrogen) atoms. The van der Waals surface area contributed by atoms with Gasteiger partial charge in [0.2, 0.25) is 0 Å². The van der Waals surface area contributed by atoms with E-state index in [1.54, 1.807) is 24.3 Å². The van der Waals surface area contributed by atoms with E-state index < -0.39 is 0 Å². The van der Waals surface area contributed by atoms with Gasteiger partial charge in [-0.25, -0.2) is 0 Å². The van der Waals surface area contributed by atoms with Crippen molar-refractivity contribution in [3.05, 3.63) is 35.4 Å². The Morgan fingerprint density at radius 1 is 1.56 bits per heavy atom. The van der Waals surface area contributed by atoms with E-state index in [1.165, 1.54) is 0 Å². The molecule has 0 bridgehead atoms. The first kappa shape index (κ1) is 11.2. The van der Waals surface area contributed by atoms with E-state index in [0.29, 0.717) is 11.1 Å². The number of hydrogen-bond donors (Lipinski definition) is 1. The molecule has 1 N–H and O–H groups in total. The maximum atomic E-state index is 11.9. The van der Waals surface area contributed by atoms with Crippen LogP contribution in [0.2, 0.25) is 0 Å². The van der Waals surface area contributed by atoms with Crippen LogP contribution in [0.5, 0.6) is 0 Å². The number of nitrogens with zero attached hydrogens (tertiary/aromatic N) is 1. The number of benzene rings is 1. The van der Waals surface area contributed by atoms with E-state index in [0.717, 1.165) is 18.2 Å². The number of nitriles is 1. The Hall–Kier alpha value is -1.34.